The summed E-state index contributed by atoms with van der Waals surface area (Å²) in [6, 6.07) is 6.11. The summed E-state index contributed by atoms with van der Waals surface area (Å²) in [5, 5.41) is 3.38. The zero-order chi connectivity index (χ0) is 12.4. The van der Waals surface area contributed by atoms with Gasteiger partial charge in [0.25, 0.3) is 5.91 Å². The van der Waals surface area contributed by atoms with Gasteiger partial charge in [0.15, 0.2) is 0 Å². The molecule has 0 radical (unpaired) electrons. The Hall–Kier alpha value is -1.51. The number of benzene rings is 1. The largest absolute Gasteiger partial charge is 0.385 e. The molecule has 1 aromatic carbocycles. The first-order valence-corrected chi connectivity index (χ1v) is 7.01. The smallest absolute Gasteiger partial charge is 0.253 e. The van der Waals surface area contributed by atoms with Crippen molar-refractivity contribution in [3.8, 4) is 0 Å². The Kier molecular flexibility index (Phi) is 3.22. The molecular weight excluding hydrogens is 224 g/mol. The molecule has 2 aliphatic heterocycles. The topological polar surface area (TPSA) is 32.3 Å². The van der Waals surface area contributed by atoms with E-state index in [-0.39, 0.29) is 5.91 Å². The first-order chi connectivity index (χ1) is 8.84. The molecule has 0 bridgehead atoms. The van der Waals surface area contributed by atoms with Crippen LogP contribution in [-0.4, -0.2) is 30.4 Å². The average molecular weight is 244 g/mol. The zero-order valence-electron chi connectivity index (χ0n) is 10.7. The van der Waals surface area contributed by atoms with Crippen LogP contribution in [0.3, 0.4) is 0 Å². The van der Waals surface area contributed by atoms with Crippen LogP contribution in [-0.2, 0) is 6.42 Å². The van der Waals surface area contributed by atoms with Gasteiger partial charge in [-0.3, -0.25) is 4.79 Å². The summed E-state index contributed by atoms with van der Waals surface area (Å²) in [5.74, 6) is 0.211. The van der Waals surface area contributed by atoms with Crippen LogP contribution in [0.25, 0.3) is 0 Å². The maximum Gasteiger partial charge on any atom is 0.253 e. The molecule has 2 heterocycles. The second kappa shape index (κ2) is 5.01. The van der Waals surface area contributed by atoms with E-state index in [1.807, 2.05) is 11.0 Å². The van der Waals surface area contributed by atoms with Crippen molar-refractivity contribution in [2.75, 3.05) is 25.0 Å². The lowest BCUT2D eigenvalue weighted by Gasteiger charge is -2.27. The molecule has 3 nitrogen and oxygen atoms in total. The number of likely N-dealkylation sites (tertiary alicyclic amines) is 1. The average Bonchev–Trinajstić information content (AvgIpc) is 2.47. The highest BCUT2D eigenvalue weighted by molar-refractivity contribution is 5.95. The highest BCUT2D eigenvalue weighted by atomic mass is 16.2. The molecule has 1 amide bonds. The van der Waals surface area contributed by atoms with Gasteiger partial charge in [0, 0.05) is 30.9 Å². The lowest BCUT2D eigenvalue weighted by atomic mass is 10.00. The van der Waals surface area contributed by atoms with Crippen LogP contribution in [0.1, 0.15) is 41.6 Å². The van der Waals surface area contributed by atoms with Crippen LogP contribution < -0.4 is 5.32 Å². The lowest BCUT2D eigenvalue weighted by molar-refractivity contribution is 0.0724. The number of amides is 1. The van der Waals surface area contributed by atoms with Gasteiger partial charge in [-0.1, -0.05) is 0 Å². The van der Waals surface area contributed by atoms with Crippen LogP contribution in [0.4, 0.5) is 5.69 Å². The Morgan fingerprint density at radius 2 is 1.94 bits per heavy atom. The van der Waals surface area contributed by atoms with E-state index in [0.29, 0.717) is 0 Å². The van der Waals surface area contributed by atoms with E-state index < -0.39 is 0 Å². The summed E-state index contributed by atoms with van der Waals surface area (Å²) in [6.07, 6.45) is 5.81. The summed E-state index contributed by atoms with van der Waals surface area (Å²) in [5.41, 5.74) is 3.36. The van der Waals surface area contributed by atoms with Crippen molar-refractivity contribution in [1.29, 1.82) is 0 Å². The number of piperidine rings is 1. The normalized spacial score (nSPS) is 19.0. The van der Waals surface area contributed by atoms with Gasteiger partial charge in [-0.2, -0.15) is 0 Å². The predicted octanol–water partition coefficient (Wildman–Crippen LogP) is 2.67. The molecule has 0 spiro atoms. The highest BCUT2D eigenvalue weighted by Crippen LogP contribution is 2.24. The first kappa shape index (κ1) is 11.6. The monoisotopic (exact) mass is 244 g/mol. The third-order valence-electron chi connectivity index (χ3n) is 3.93. The van der Waals surface area contributed by atoms with Crippen LogP contribution in [0.5, 0.6) is 0 Å². The maximum atomic E-state index is 12.4. The van der Waals surface area contributed by atoms with Gasteiger partial charge in [0.2, 0.25) is 0 Å². The van der Waals surface area contributed by atoms with E-state index in [9.17, 15) is 4.79 Å². The molecule has 1 saturated heterocycles. The Balaban J connectivity index is 1.80. The van der Waals surface area contributed by atoms with Crippen molar-refractivity contribution in [3.63, 3.8) is 0 Å². The second-order valence-corrected chi connectivity index (χ2v) is 5.26. The van der Waals surface area contributed by atoms with Crippen molar-refractivity contribution in [1.82, 2.24) is 4.90 Å². The zero-order valence-corrected chi connectivity index (χ0v) is 10.7. The first-order valence-electron chi connectivity index (χ1n) is 7.01. The predicted molar refractivity (Wildman–Crippen MR) is 73.0 cm³/mol. The maximum absolute atomic E-state index is 12.4. The molecule has 1 fully saturated rings. The van der Waals surface area contributed by atoms with Gasteiger partial charge < -0.3 is 10.2 Å². The molecule has 3 heteroatoms. The molecule has 18 heavy (non-hydrogen) atoms. The number of aryl methyl sites for hydroxylation is 1. The molecule has 96 valence electrons. The Bertz CT molecular complexity index is 450. The molecule has 0 unspecified atom stereocenters. The summed E-state index contributed by atoms with van der Waals surface area (Å²) >= 11 is 0. The summed E-state index contributed by atoms with van der Waals surface area (Å²) in [6.45, 7) is 2.90. The minimum atomic E-state index is 0.211. The summed E-state index contributed by atoms with van der Waals surface area (Å²) in [4.78, 5) is 14.4. The van der Waals surface area contributed by atoms with Gasteiger partial charge in [0.05, 0.1) is 0 Å². The van der Waals surface area contributed by atoms with Crippen LogP contribution in [0, 0.1) is 0 Å². The van der Waals surface area contributed by atoms with Crippen LogP contribution in [0.2, 0.25) is 0 Å². The fourth-order valence-electron chi connectivity index (χ4n) is 2.89. The van der Waals surface area contributed by atoms with Crippen molar-refractivity contribution in [2.24, 2.45) is 0 Å². The molecular formula is C15H20N2O. The molecule has 0 aliphatic carbocycles. The van der Waals surface area contributed by atoms with Crippen molar-refractivity contribution < 1.29 is 4.79 Å². The molecule has 1 N–H and O–H groups in total. The quantitative estimate of drug-likeness (QED) is 0.823. The Morgan fingerprint density at radius 3 is 2.78 bits per heavy atom. The standard InChI is InChI=1S/C15H20N2O/c18-15(17-9-2-1-3-10-17)13-6-7-14-12(11-13)5-4-8-16-14/h6-7,11,16H,1-5,8-10H2. The molecule has 1 aromatic rings. The van der Waals surface area contributed by atoms with Gasteiger partial charge in [-0.15, -0.1) is 0 Å². The fraction of sp³-hybridized carbons (Fsp3) is 0.533. The van der Waals surface area contributed by atoms with Gasteiger partial charge in [-0.25, -0.2) is 0 Å². The molecule has 2 aliphatic rings. The van der Waals surface area contributed by atoms with Crippen molar-refractivity contribution in [3.05, 3.63) is 29.3 Å². The third kappa shape index (κ3) is 2.22. The van der Waals surface area contributed by atoms with Crippen LogP contribution in [0.15, 0.2) is 18.2 Å². The Morgan fingerprint density at radius 1 is 1.11 bits per heavy atom. The van der Waals surface area contributed by atoms with Gasteiger partial charge in [-0.05, 0) is 55.9 Å². The molecule has 0 atom stereocenters. The van der Waals surface area contributed by atoms with Gasteiger partial charge >= 0.3 is 0 Å². The molecule has 3 rings (SSSR count). The number of hydrogen-bond acceptors (Lipinski definition) is 2. The molecule has 0 saturated carbocycles. The fourth-order valence-corrected chi connectivity index (χ4v) is 2.89. The number of carbonyl (C=O) groups is 1. The minimum absolute atomic E-state index is 0.211. The number of nitrogens with zero attached hydrogens (tertiary/aromatic N) is 1. The summed E-state index contributed by atoms with van der Waals surface area (Å²) < 4.78 is 0. The van der Waals surface area contributed by atoms with Crippen LogP contribution >= 0.6 is 0 Å². The number of fused-ring (bicyclic) bond motifs is 1. The van der Waals surface area contributed by atoms with Crippen molar-refractivity contribution >= 4 is 11.6 Å². The number of nitrogens with one attached hydrogen (secondary N) is 1. The summed E-state index contributed by atoms with van der Waals surface area (Å²) in [7, 11) is 0. The number of rotatable bonds is 1. The Labute approximate surface area is 108 Å². The van der Waals surface area contributed by atoms with Gasteiger partial charge in [0.1, 0.15) is 0 Å². The van der Waals surface area contributed by atoms with E-state index in [1.54, 1.807) is 0 Å². The van der Waals surface area contributed by atoms with E-state index in [0.717, 1.165) is 50.9 Å². The number of carbonyl (C=O) groups excluding carboxylic acids is 1. The second-order valence-electron chi connectivity index (χ2n) is 5.26. The number of hydrogen-bond donors (Lipinski definition) is 1. The van der Waals surface area contributed by atoms with E-state index >= 15 is 0 Å². The highest BCUT2D eigenvalue weighted by Gasteiger charge is 2.19. The van der Waals surface area contributed by atoms with Crippen molar-refractivity contribution in [2.45, 2.75) is 32.1 Å². The lowest BCUT2D eigenvalue weighted by Crippen LogP contribution is -2.35. The molecule has 0 aromatic heterocycles. The number of anilines is 1. The minimum Gasteiger partial charge on any atom is -0.385 e. The van der Waals surface area contributed by atoms with E-state index in [4.69, 9.17) is 0 Å². The SMILES string of the molecule is O=C(c1ccc2c(c1)CCCN2)N1CCCCC1. The van der Waals surface area contributed by atoms with E-state index in [2.05, 4.69) is 17.4 Å². The third-order valence-corrected chi connectivity index (χ3v) is 3.93. The van der Waals surface area contributed by atoms with E-state index in [1.165, 1.54) is 17.7 Å².